The first-order chi connectivity index (χ1) is 7.69. The molecule has 2 rings (SSSR count). The summed E-state index contributed by atoms with van der Waals surface area (Å²) in [6.07, 6.45) is 3.60. The van der Waals surface area contributed by atoms with Crippen LogP contribution in [0.1, 0.15) is 41.7 Å². The maximum Gasteiger partial charge on any atom is 0.270 e. The Balaban J connectivity index is 1.88. The number of carbonyl (C=O) groups is 1. The second-order valence-electron chi connectivity index (χ2n) is 4.37. The molecule has 0 aromatic carbocycles. The Morgan fingerprint density at radius 1 is 1.69 bits per heavy atom. The number of nitrogens with two attached hydrogens (primary N) is 1. The second kappa shape index (κ2) is 4.51. The van der Waals surface area contributed by atoms with Gasteiger partial charge in [-0.3, -0.25) is 4.79 Å². The van der Waals surface area contributed by atoms with E-state index in [9.17, 15) is 4.79 Å². The number of thiazole rings is 1. The Hall–Kier alpha value is -0.940. The first-order valence-corrected chi connectivity index (χ1v) is 6.50. The van der Waals surface area contributed by atoms with Gasteiger partial charge in [-0.05, 0) is 24.7 Å². The van der Waals surface area contributed by atoms with Crippen LogP contribution in [0.25, 0.3) is 0 Å². The van der Waals surface area contributed by atoms with E-state index in [1.807, 2.05) is 0 Å². The molecule has 1 amide bonds. The topological polar surface area (TPSA) is 68.0 Å². The molecule has 0 bridgehead atoms. The van der Waals surface area contributed by atoms with Gasteiger partial charge in [0, 0.05) is 18.5 Å². The summed E-state index contributed by atoms with van der Waals surface area (Å²) in [5, 5.41) is 5.53. The van der Waals surface area contributed by atoms with Crippen molar-refractivity contribution in [2.45, 2.75) is 32.7 Å². The van der Waals surface area contributed by atoms with Crippen molar-refractivity contribution in [3.8, 4) is 0 Å². The molecule has 88 valence electrons. The van der Waals surface area contributed by atoms with E-state index in [0.29, 0.717) is 17.7 Å². The van der Waals surface area contributed by atoms with Gasteiger partial charge >= 0.3 is 0 Å². The minimum absolute atomic E-state index is 0.0734. The van der Waals surface area contributed by atoms with Gasteiger partial charge in [-0.25, -0.2) is 4.98 Å². The summed E-state index contributed by atoms with van der Waals surface area (Å²) < 4.78 is 0. The van der Waals surface area contributed by atoms with Crippen LogP contribution in [-0.4, -0.2) is 17.4 Å². The highest BCUT2D eigenvalue weighted by atomic mass is 32.1. The number of rotatable bonds is 5. The van der Waals surface area contributed by atoms with Crippen molar-refractivity contribution in [2.75, 3.05) is 6.54 Å². The Kier molecular flexibility index (Phi) is 3.25. The predicted octanol–water partition coefficient (Wildman–Crippen LogP) is 1.52. The summed E-state index contributed by atoms with van der Waals surface area (Å²) in [5.74, 6) is -0.0734. The summed E-state index contributed by atoms with van der Waals surface area (Å²) in [6.45, 7) is 3.35. The summed E-state index contributed by atoms with van der Waals surface area (Å²) in [5.41, 5.74) is 6.33. The first kappa shape index (κ1) is 11.5. The minimum atomic E-state index is -0.0734. The lowest BCUT2D eigenvalue weighted by Crippen LogP contribution is -2.30. The van der Waals surface area contributed by atoms with Crippen LogP contribution in [0.4, 0.5) is 0 Å². The standard InChI is InChI=1S/C11H17N3OS/c1-2-11(3-4-11)7-13-10(15)8-6-16-9(5-12)14-8/h6H,2-5,7,12H2,1H3,(H,13,15). The van der Waals surface area contributed by atoms with Gasteiger partial charge in [0.25, 0.3) is 5.91 Å². The minimum Gasteiger partial charge on any atom is -0.350 e. The predicted molar refractivity (Wildman–Crippen MR) is 64.3 cm³/mol. The van der Waals surface area contributed by atoms with E-state index in [-0.39, 0.29) is 5.91 Å². The highest BCUT2D eigenvalue weighted by Gasteiger charge is 2.40. The molecule has 0 saturated heterocycles. The fourth-order valence-corrected chi connectivity index (χ4v) is 2.35. The van der Waals surface area contributed by atoms with Crippen LogP contribution in [0.3, 0.4) is 0 Å². The van der Waals surface area contributed by atoms with Crippen molar-refractivity contribution < 1.29 is 4.79 Å². The molecule has 0 atom stereocenters. The monoisotopic (exact) mass is 239 g/mol. The van der Waals surface area contributed by atoms with Crippen LogP contribution in [-0.2, 0) is 6.54 Å². The van der Waals surface area contributed by atoms with Crippen molar-refractivity contribution in [2.24, 2.45) is 11.1 Å². The average Bonchev–Trinajstić information content (AvgIpc) is 2.94. The fourth-order valence-electron chi connectivity index (χ4n) is 1.70. The number of nitrogens with zero attached hydrogens (tertiary/aromatic N) is 1. The number of carbonyl (C=O) groups excluding carboxylic acids is 1. The van der Waals surface area contributed by atoms with Crippen LogP contribution in [0.15, 0.2) is 5.38 Å². The molecule has 1 aliphatic rings. The number of hydrogen-bond acceptors (Lipinski definition) is 4. The Labute approximate surface area is 99.3 Å². The maximum atomic E-state index is 11.8. The molecule has 3 N–H and O–H groups in total. The fraction of sp³-hybridized carbons (Fsp3) is 0.636. The first-order valence-electron chi connectivity index (χ1n) is 5.62. The molecule has 1 fully saturated rings. The van der Waals surface area contributed by atoms with E-state index in [4.69, 9.17) is 5.73 Å². The van der Waals surface area contributed by atoms with Gasteiger partial charge in [-0.1, -0.05) is 6.92 Å². The Bertz CT molecular complexity index is 384. The van der Waals surface area contributed by atoms with Crippen molar-refractivity contribution >= 4 is 17.2 Å². The molecular weight excluding hydrogens is 222 g/mol. The summed E-state index contributed by atoms with van der Waals surface area (Å²) in [6, 6.07) is 0. The van der Waals surface area contributed by atoms with Crippen LogP contribution in [0.5, 0.6) is 0 Å². The van der Waals surface area contributed by atoms with Crippen molar-refractivity contribution in [3.63, 3.8) is 0 Å². The molecule has 1 saturated carbocycles. The average molecular weight is 239 g/mol. The van der Waals surface area contributed by atoms with E-state index in [1.165, 1.54) is 24.2 Å². The molecule has 0 aliphatic heterocycles. The molecule has 5 heteroatoms. The lowest BCUT2D eigenvalue weighted by atomic mass is 10.0. The van der Waals surface area contributed by atoms with Crippen LogP contribution in [0.2, 0.25) is 0 Å². The normalized spacial score (nSPS) is 17.1. The molecule has 1 aliphatic carbocycles. The molecule has 1 aromatic rings. The zero-order valence-corrected chi connectivity index (χ0v) is 10.3. The lowest BCUT2D eigenvalue weighted by molar-refractivity contribution is 0.0940. The van der Waals surface area contributed by atoms with E-state index in [1.54, 1.807) is 5.38 Å². The highest BCUT2D eigenvalue weighted by molar-refractivity contribution is 7.09. The SMILES string of the molecule is CCC1(CNC(=O)c2csc(CN)n2)CC1. The molecule has 1 heterocycles. The molecule has 0 unspecified atom stereocenters. The lowest BCUT2D eigenvalue weighted by Gasteiger charge is -2.12. The molecule has 0 radical (unpaired) electrons. The molecular formula is C11H17N3OS. The van der Waals surface area contributed by atoms with Gasteiger partial charge in [-0.2, -0.15) is 0 Å². The number of aromatic nitrogens is 1. The van der Waals surface area contributed by atoms with Crippen LogP contribution >= 0.6 is 11.3 Å². The number of nitrogens with one attached hydrogen (secondary N) is 1. The summed E-state index contributed by atoms with van der Waals surface area (Å²) >= 11 is 1.44. The third kappa shape index (κ3) is 2.41. The zero-order chi connectivity index (χ0) is 11.6. The van der Waals surface area contributed by atoms with Gasteiger partial charge in [0.2, 0.25) is 0 Å². The third-order valence-electron chi connectivity index (χ3n) is 3.29. The van der Waals surface area contributed by atoms with Crippen molar-refractivity contribution in [1.29, 1.82) is 0 Å². The maximum absolute atomic E-state index is 11.8. The van der Waals surface area contributed by atoms with Gasteiger partial charge in [0.1, 0.15) is 10.7 Å². The van der Waals surface area contributed by atoms with Gasteiger partial charge in [0.05, 0.1) is 0 Å². The quantitative estimate of drug-likeness (QED) is 0.818. The van der Waals surface area contributed by atoms with Gasteiger partial charge < -0.3 is 11.1 Å². The second-order valence-corrected chi connectivity index (χ2v) is 5.31. The van der Waals surface area contributed by atoms with Crippen LogP contribution < -0.4 is 11.1 Å². The molecule has 1 aromatic heterocycles. The van der Waals surface area contributed by atoms with Gasteiger partial charge in [-0.15, -0.1) is 11.3 Å². The van der Waals surface area contributed by atoms with Gasteiger partial charge in [0.15, 0.2) is 0 Å². The van der Waals surface area contributed by atoms with E-state index >= 15 is 0 Å². The van der Waals surface area contributed by atoms with Crippen LogP contribution in [0, 0.1) is 5.41 Å². The zero-order valence-electron chi connectivity index (χ0n) is 9.45. The molecule has 0 spiro atoms. The largest absolute Gasteiger partial charge is 0.350 e. The van der Waals surface area contributed by atoms with Crippen molar-refractivity contribution in [3.05, 3.63) is 16.1 Å². The number of amides is 1. The Morgan fingerprint density at radius 3 is 2.94 bits per heavy atom. The van der Waals surface area contributed by atoms with Crippen molar-refractivity contribution in [1.82, 2.24) is 10.3 Å². The van der Waals surface area contributed by atoms with E-state index < -0.39 is 0 Å². The Morgan fingerprint density at radius 2 is 2.44 bits per heavy atom. The number of hydrogen-bond donors (Lipinski definition) is 2. The summed E-state index contributed by atoms with van der Waals surface area (Å²) in [7, 11) is 0. The smallest absolute Gasteiger partial charge is 0.270 e. The molecule has 4 nitrogen and oxygen atoms in total. The van der Waals surface area contributed by atoms with E-state index in [2.05, 4.69) is 17.2 Å². The van der Waals surface area contributed by atoms with E-state index in [0.717, 1.165) is 18.0 Å². The highest BCUT2D eigenvalue weighted by Crippen LogP contribution is 2.47. The third-order valence-corrected chi connectivity index (χ3v) is 4.16. The molecule has 16 heavy (non-hydrogen) atoms. The summed E-state index contributed by atoms with van der Waals surface area (Å²) in [4.78, 5) is 15.9.